The number of benzene rings is 1. The molecule has 3 N–H and O–H groups in total. The Bertz CT molecular complexity index is 1120. The monoisotopic (exact) mass is 477 g/mol. The maximum Gasteiger partial charge on any atom is 0.154 e. The Morgan fingerprint density at radius 1 is 1.11 bits per heavy atom. The number of piperazine rings is 1. The molecule has 4 heterocycles. The zero-order valence-corrected chi connectivity index (χ0v) is 20.6. The summed E-state index contributed by atoms with van der Waals surface area (Å²) in [6.07, 6.45) is 3.51. The molecule has 35 heavy (non-hydrogen) atoms. The van der Waals surface area contributed by atoms with E-state index in [4.69, 9.17) is 9.72 Å². The molecule has 0 bridgehead atoms. The summed E-state index contributed by atoms with van der Waals surface area (Å²) < 4.78 is 5.82. The summed E-state index contributed by atoms with van der Waals surface area (Å²) in [5, 5.41) is 16.9. The normalized spacial score (nSPS) is 19.7. The zero-order valence-electron chi connectivity index (χ0n) is 20.6. The van der Waals surface area contributed by atoms with E-state index in [1.165, 1.54) is 5.69 Å². The van der Waals surface area contributed by atoms with Crippen molar-refractivity contribution < 1.29 is 9.84 Å². The van der Waals surface area contributed by atoms with E-state index in [0.717, 1.165) is 74.0 Å². The third kappa shape index (κ3) is 6.05. The standard InChI is InChI=1S/C26H35N7O2/c1-26(2,34)18-32-10-12-33(13-11-32)20-5-3-19(4-6-20)22-15-23-24(29-8-7-28-23)25(31-22)30-17-21-16-27-9-14-35-21/h3-8,15,21,27,34H,9-14,16-18H2,1-2H3,(H,30,31)/t21-/m0/s1. The number of morpholine rings is 1. The van der Waals surface area contributed by atoms with Crippen molar-refractivity contribution in [1.82, 2.24) is 25.2 Å². The van der Waals surface area contributed by atoms with Crippen LogP contribution in [0.25, 0.3) is 22.3 Å². The lowest BCUT2D eigenvalue weighted by Crippen LogP contribution is -2.50. The molecule has 2 saturated heterocycles. The van der Waals surface area contributed by atoms with Gasteiger partial charge in [0.05, 0.1) is 29.5 Å². The number of nitrogens with one attached hydrogen (secondary N) is 2. The Labute approximate surface area is 206 Å². The predicted molar refractivity (Wildman–Crippen MR) is 139 cm³/mol. The van der Waals surface area contributed by atoms with Crippen molar-refractivity contribution >= 4 is 22.5 Å². The highest BCUT2D eigenvalue weighted by molar-refractivity contribution is 5.88. The molecular weight excluding hydrogens is 442 g/mol. The molecule has 0 amide bonds. The van der Waals surface area contributed by atoms with Crippen LogP contribution in [0.2, 0.25) is 0 Å². The lowest BCUT2D eigenvalue weighted by molar-refractivity contribution is 0.0345. The number of nitrogens with zero attached hydrogens (tertiary/aromatic N) is 5. The van der Waals surface area contributed by atoms with Gasteiger partial charge in [-0.1, -0.05) is 12.1 Å². The molecule has 9 heteroatoms. The second-order valence-corrected chi connectivity index (χ2v) is 9.98. The van der Waals surface area contributed by atoms with E-state index in [2.05, 4.69) is 54.7 Å². The first-order chi connectivity index (χ1) is 16.9. The number of hydrogen-bond donors (Lipinski definition) is 3. The topological polar surface area (TPSA) is 98.7 Å². The summed E-state index contributed by atoms with van der Waals surface area (Å²) in [4.78, 5) is 18.7. The van der Waals surface area contributed by atoms with Crippen molar-refractivity contribution in [3.63, 3.8) is 0 Å². The average Bonchev–Trinajstić information content (AvgIpc) is 2.87. The third-order valence-electron chi connectivity index (χ3n) is 6.47. The first-order valence-corrected chi connectivity index (χ1v) is 12.4. The van der Waals surface area contributed by atoms with Gasteiger partial charge < -0.3 is 25.4 Å². The summed E-state index contributed by atoms with van der Waals surface area (Å²) >= 11 is 0. The number of aliphatic hydroxyl groups is 1. The van der Waals surface area contributed by atoms with Crippen LogP contribution in [0.3, 0.4) is 0 Å². The number of pyridine rings is 1. The number of ether oxygens (including phenoxy) is 1. The highest BCUT2D eigenvalue weighted by atomic mass is 16.5. The number of anilines is 2. The van der Waals surface area contributed by atoms with Crippen LogP contribution in [0.5, 0.6) is 0 Å². The Balaban J connectivity index is 1.30. The van der Waals surface area contributed by atoms with Gasteiger partial charge in [-0.2, -0.15) is 0 Å². The maximum atomic E-state index is 10.1. The van der Waals surface area contributed by atoms with E-state index in [1.54, 1.807) is 12.4 Å². The van der Waals surface area contributed by atoms with Gasteiger partial charge in [-0.25, -0.2) is 9.97 Å². The molecular formula is C26H35N7O2. The van der Waals surface area contributed by atoms with Crippen LogP contribution < -0.4 is 15.5 Å². The first-order valence-electron chi connectivity index (χ1n) is 12.4. The molecule has 186 valence electrons. The van der Waals surface area contributed by atoms with Gasteiger partial charge in [0.15, 0.2) is 5.82 Å². The van der Waals surface area contributed by atoms with Gasteiger partial charge in [0.25, 0.3) is 0 Å². The Morgan fingerprint density at radius 3 is 2.60 bits per heavy atom. The first kappa shape index (κ1) is 23.9. The molecule has 2 aliphatic rings. The zero-order chi connectivity index (χ0) is 24.3. The summed E-state index contributed by atoms with van der Waals surface area (Å²) in [6, 6.07) is 10.6. The van der Waals surface area contributed by atoms with Gasteiger partial charge >= 0.3 is 0 Å². The van der Waals surface area contributed by atoms with Crippen LogP contribution in [0.4, 0.5) is 11.5 Å². The van der Waals surface area contributed by atoms with Crippen molar-refractivity contribution in [3.05, 3.63) is 42.7 Å². The number of β-amino-alcohol motifs (C(OH)–C–C–N with tert-alkyl or cyclic N) is 1. The second-order valence-electron chi connectivity index (χ2n) is 9.98. The second kappa shape index (κ2) is 10.4. The number of hydrogen-bond acceptors (Lipinski definition) is 9. The predicted octanol–water partition coefficient (Wildman–Crippen LogP) is 1.98. The summed E-state index contributed by atoms with van der Waals surface area (Å²) in [7, 11) is 0. The summed E-state index contributed by atoms with van der Waals surface area (Å²) in [5.74, 6) is 0.728. The van der Waals surface area contributed by atoms with Gasteiger partial charge in [-0.05, 0) is 32.0 Å². The van der Waals surface area contributed by atoms with Gasteiger partial charge in [0.1, 0.15) is 5.52 Å². The molecule has 2 aromatic heterocycles. The molecule has 2 fully saturated rings. The smallest absolute Gasteiger partial charge is 0.154 e. The minimum Gasteiger partial charge on any atom is -0.389 e. The minimum absolute atomic E-state index is 0.101. The highest BCUT2D eigenvalue weighted by Crippen LogP contribution is 2.27. The summed E-state index contributed by atoms with van der Waals surface area (Å²) in [6.45, 7) is 11.3. The molecule has 0 unspecified atom stereocenters. The maximum absolute atomic E-state index is 10.1. The van der Waals surface area contributed by atoms with Crippen molar-refractivity contribution in [2.75, 3.05) is 69.2 Å². The lowest BCUT2D eigenvalue weighted by atomic mass is 10.1. The van der Waals surface area contributed by atoms with E-state index in [1.807, 2.05) is 19.9 Å². The molecule has 0 saturated carbocycles. The fourth-order valence-electron chi connectivity index (χ4n) is 4.76. The SMILES string of the molecule is CC(C)(O)CN1CCN(c2ccc(-c3cc4nccnc4c(NC[C@@H]4CNCCO4)n3)cc2)CC1. The molecule has 0 radical (unpaired) electrons. The molecule has 9 nitrogen and oxygen atoms in total. The van der Waals surface area contributed by atoms with Gasteiger partial charge in [-0.3, -0.25) is 9.88 Å². The third-order valence-corrected chi connectivity index (χ3v) is 6.47. The largest absolute Gasteiger partial charge is 0.389 e. The van der Waals surface area contributed by atoms with Crippen LogP contribution in [-0.4, -0.2) is 95.6 Å². The highest BCUT2D eigenvalue weighted by Gasteiger charge is 2.23. The minimum atomic E-state index is -0.658. The van der Waals surface area contributed by atoms with Crippen LogP contribution >= 0.6 is 0 Å². The number of fused-ring (bicyclic) bond motifs is 1. The van der Waals surface area contributed by atoms with Crippen LogP contribution in [-0.2, 0) is 4.74 Å². The lowest BCUT2D eigenvalue weighted by Gasteiger charge is -2.38. The molecule has 3 aromatic rings. The van der Waals surface area contributed by atoms with Crippen molar-refractivity contribution in [2.45, 2.75) is 25.6 Å². The Kier molecular flexibility index (Phi) is 7.10. The molecule has 5 rings (SSSR count). The number of aromatic nitrogens is 3. The van der Waals surface area contributed by atoms with Crippen molar-refractivity contribution in [3.8, 4) is 11.3 Å². The van der Waals surface area contributed by atoms with Crippen molar-refractivity contribution in [1.29, 1.82) is 0 Å². The molecule has 2 aliphatic heterocycles. The van der Waals surface area contributed by atoms with Gasteiger partial charge in [0.2, 0.25) is 0 Å². The quantitative estimate of drug-likeness (QED) is 0.472. The van der Waals surface area contributed by atoms with Crippen LogP contribution in [0.15, 0.2) is 42.7 Å². The van der Waals surface area contributed by atoms with E-state index >= 15 is 0 Å². The van der Waals surface area contributed by atoms with Gasteiger partial charge in [0, 0.05) is 76.0 Å². The van der Waals surface area contributed by atoms with Crippen LogP contribution in [0.1, 0.15) is 13.8 Å². The molecule has 0 aliphatic carbocycles. The van der Waals surface area contributed by atoms with E-state index < -0.39 is 5.60 Å². The van der Waals surface area contributed by atoms with E-state index in [-0.39, 0.29) is 6.10 Å². The molecule has 1 aromatic carbocycles. The molecule has 1 atom stereocenters. The number of rotatable bonds is 7. The van der Waals surface area contributed by atoms with E-state index in [9.17, 15) is 5.11 Å². The Hall–Kier alpha value is -2.85. The Morgan fingerprint density at radius 2 is 1.89 bits per heavy atom. The average molecular weight is 478 g/mol. The summed E-state index contributed by atoms with van der Waals surface area (Å²) in [5.41, 5.74) is 4.04. The van der Waals surface area contributed by atoms with Crippen molar-refractivity contribution in [2.24, 2.45) is 0 Å². The van der Waals surface area contributed by atoms with Gasteiger partial charge in [-0.15, -0.1) is 0 Å². The van der Waals surface area contributed by atoms with Crippen LogP contribution in [0, 0.1) is 0 Å². The van der Waals surface area contributed by atoms with E-state index in [0.29, 0.717) is 13.1 Å². The fraction of sp³-hybridized carbons (Fsp3) is 0.500. The fourth-order valence-corrected chi connectivity index (χ4v) is 4.76. The molecule has 0 spiro atoms.